The molecule has 1 atom stereocenters. The number of aliphatic hydroxyl groups excluding tert-OH is 1. The maximum absolute atomic E-state index is 11.6. The average Bonchev–Trinajstić information content (AvgIpc) is 2.13. The Kier molecular flexibility index (Phi) is 5.28. The number of hydrogen-bond donors (Lipinski definition) is 2. The second-order valence-corrected chi connectivity index (χ2v) is 3.63. The molecular formula is C10H18O5. The van der Waals surface area contributed by atoms with E-state index in [0.29, 0.717) is 0 Å². The van der Waals surface area contributed by atoms with Crippen molar-refractivity contribution < 1.29 is 24.5 Å². The molecule has 0 aromatic heterocycles. The van der Waals surface area contributed by atoms with Crippen LogP contribution in [0.5, 0.6) is 0 Å². The fraction of sp³-hybridized carbons (Fsp3) is 0.800. The zero-order chi connectivity index (χ0) is 12.1. The zero-order valence-corrected chi connectivity index (χ0v) is 9.32. The third-order valence-electron chi connectivity index (χ3n) is 2.51. The lowest BCUT2D eigenvalue weighted by atomic mass is 9.74. The second kappa shape index (κ2) is 5.70. The molecule has 0 aliphatic rings. The number of carbonyl (C=O) groups is 2. The lowest BCUT2D eigenvalue weighted by Gasteiger charge is -2.29. The van der Waals surface area contributed by atoms with Gasteiger partial charge in [0.25, 0.3) is 0 Å². The lowest BCUT2D eigenvalue weighted by Crippen LogP contribution is -2.45. The number of carboxylic acids is 1. The van der Waals surface area contributed by atoms with E-state index in [1.807, 2.05) is 0 Å². The SMILES string of the molecule is CCOC(=O)C(CCO)(C(=O)O)C(C)C. The maximum atomic E-state index is 11.6. The second-order valence-electron chi connectivity index (χ2n) is 3.63. The number of rotatable bonds is 6. The molecular weight excluding hydrogens is 200 g/mol. The Balaban J connectivity index is 5.11. The van der Waals surface area contributed by atoms with E-state index in [2.05, 4.69) is 0 Å². The number of ether oxygens (including phenoxy) is 1. The molecule has 0 saturated heterocycles. The molecule has 5 heteroatoms. The molecule has 5 nitrogen and oxygen atoms in total. The zero-order valence-electron chi connectivity index (χ0n) is 9.32. The van der Waals surface area contributed by atoms with E-state index in [0.717, 1.165) is 0 Å². The molecule has 0 bridgehead atoms. The molecule has 0 aromatic carbocycles. The summed E-state index contributed by atoms with van der Waals surface area (Å²) in [6, 6.07) is 0. The van der Waals surface area contributed by atoms with Gasteiger partial charge in [-0.2, -0.15) is 0 Å². The largest absolute Gasteiger partial charge is 0.480 e. The Hall–Kier alpha value is -1.10. The van der Waals surface area contributed by atoms with Gasteiger partial charge in [-0.1, -0.05) is 13.8 Å². The molecule has 0 heterocycles. The van der Waals surface area contributed by atoms with Crippen molar-refractivity contribution in [1.29, 1.82) is 0 Å². The highest BCUT2D eigenvalue weighted by atomic mass is 16.5. The summed E-state index contributed by atoms with van der Waals surface area (Å²) in [5.41, 5.74) is -1.63. The Labute approximate surface area is 89.0 Å². The molecule has 2 N–H and O–H groups in total. The predicted octanol–water partition coefficient (Wildman–Crippen LogP) is 0.659. The van der Waals surface area contributed by atoms with Crippen LogP contribution < -0.4 is 0 Å². The third kappa shape index (κ3) is 2.68. The van der Waals surface area contributed by atoms with Crippen LogP contribution in [0.3, 0.4) is 0 Å². The monoisotopic (exact) mass is 218 g/mol. The van der Waals surface area contributed by atoms with Gasteiger partial charge in [0.15, 0.2) is 5.41 Å². The quantitative estimate of drug-likeness (QED) is 0.505. The number of esters is 1. The van der Waals surface area contributed by atoms with Crippen molar-refractivity contribution in [1.82, 2.24) is 0 Å². The molecule has 0 rings (SSSR count). The van der Waals surface area contributed by atoms with Crippen LogP contribution in [-0.4, -0.2) is 35.4 Å². The summed E-state index contributed by atoms with van der Waals surface area (Å²) in [5.74, 6) is -2.45. The molecule has 0 spiro atoms. The van der Waals surface area contributed by atoms with Crippen LogP contribution in [0.2, 0.25) is 0 Å². The summed E-state index contributed by atoms with van der Waals surface area (Å²) in [6.07, 6.45) is -0.126. The van der Waals surface area contributed by atoms with Crippen LogP contribution in [0.1, 0.15) is 27.2 Å². The van der Waals surface area contributed by atoms with Crippen molar-refractivity contribution in [2.45, 2.75) is 27.2 Å². The van der Waals surface area contributed by atoms with Gasteiger partial charge >= 0.3 is 11.9 Å². The molecule has 15 heavy (non-hydrogen) atoms. The van der Waals surface area contributed by atoms with Gasteiger partial charge in [-0.3, -0.25) is 9.59 Å². The average molecular weight is 218 g/mol. The third-order valence-corrected chi connectivity index (χ3v) is 2.51. The van der Waals surface area contributed by atoms with Crippen LogP contribution in [-0.2, 0) is 14.3 Å². The van der Waals surface area contributed by atoms with Gasteiger partial charge in [0.05, 0.1) is 6.61 Å². The Morgan fingerprint density at radius 1 is 1.40 bits per heavy atom. The predicted molar refractivity (Wildman–Crippen MR) is 53.2 cm³/mol. The number of hydrogen-bond acceptors (Lipinski definition) is 4. The normalized spacial score (nSPS) is 14.7. The number of aliphatic hydroxyl groups is 1. The fourth-order valence-corrected chi connectivity index (χ4v) is 1.50. The first kappa shape index (κ1) is 13.9. The highest BCUT2D eigenvalue weighted by Crippen LogP contribution is 2.33. The Bertz CT molecular complexity index is 236. The van der Waals surface area contributed by atoms with E-state index in [9.17, 15) is 9.59 Å². The molecule has 0 fully saturated rings. The summed E-state index contributed by atoms with van der Waals surface area (Å²) >= 11 is 0. The van der Waals surface area contributed by atoms with E-state index in [1.165, 1.54) is 0 Å². The minimum atomic E-state index is -1.63. The molecule has 0 aromatic rings. The van der Waals surface area contributed by atoms with Crippen LogP contribution in [0.4, 0.5) is 0 Å². The molecule has 0 saturated carbocycles. The summed E-state index contributed by atoms with van der Waals surface area (Å²) in [5, 5.41) is 18.0. The Morgan fingerprint density at radius 2 is 1.93 bits per heavy atom. The van der Waals surface area contributed by atoms with Crippen LogP contribution in [0, 0.1) is 11.3 Å². The summed E-state index contributed by atoms with van der Waals surface area (Å²) in [4.78, 5) is 22.8. The first-order chi connectivity index (χ1) is 6.93. The molecule has 0 aliphatic carbocycles. The van der Waals surface area contributed by atoms with Crippen molar-refractivity contribution in [3.05, 3.63) is 0 Å². The van der Waals surface area contributed by atoms with E-state index < -0.39 is 23.3 Å². The van der Waals surface area contributed by atoms with E-state index >= 15 is 0 Å². The standard InChI is InChI=1S/C10H18O5/c1-4-15-9(14)10(5-6-11,7(2)3)8(12)13/h7,11H,4-6H2,1-3H3,(H,12,13). The molecule has 0 aliphatic heterocycles. The first-order valence-corrected chi connectivity index (χ1v) is 4.94. The van der Waals surface area contributed by atoms with Crippen molar-refractivity contribution in [2.24, 2.45) is 11.3 Å². The number of carboxylic acid groups (broad SMARTS) is 1. The van der Waals surface area contributed by atoms with Crippen LogP contribution in [0.25, 0.3) is 0 Å². The van der Waals surface area contributed by atoms with Gasteiger partial charge in [-0.25, -0.2) is 0 Å². The van der Waals surface area contributed by atoms with Gasteiger partial charge in [0.1, 0.15) is 0 Å². The van der Waals surface area contributed by atoms with E-state index in [4.69, 9.17) is 14.9 Å². The lowest BCUT2D eigenvalue weighted by molar-refractivity contribution is -0.173. The topological polar surface area (TPSA) is 83.8 Å². The summed E-state index contributed by atoms with van der Waals surface area (Å²) < 4.78 is 4.75. The van der Waals surface area contributed by atoms with Gasteiger partial charge in [-0.05, 0) is 19.3 Å². The summed E-state index contributed by atoms with van der Waals surface area (Å²) in [7, 11) is 0. The minimum absolute atomic E-state index is 0.126. The smallest absolute Gasteiger partial charge is 0.323 e. The highest BCUT2D eigenvalue weighted by molar-refractivity contribution is 5.99. The van der Waals surface area contributed by atoms with Gasteiger partial charge < -0.3 is 14.9 Å². The number of carbonyl (C=O) groups excluding carboxylic acids is 1. The molecule has 1 unspecified atom stereocenters. The van der Waals surface area contributed by atoms with Crippen LogP contribution >= 0.6 is 0 Å². The van der Waals surface area contributed by atoms with Gasteiger partial charge in [0, 0.05) is 6.61 Å². The summed E-state index contributed by atoms with van der Waals surface area (Å²) in [6.45, 7) is 4.64. The highest BCUT2D eigenvalue weighted by Gasteiger charge is 2.49. The number of aliphatic carboxylic acids is 1. The van der Waals surface area contributed by atoms with E-state index in [1.54, 1.807) is 20.8 Å². The van der Waals surface area contributed by atoms with Crippen molar-refractivity contribution >= 4 is 11.9 Å². The molecule has 0 amide bonds. The van der Waals surface area contributed by atoms with Gasteiger partial charge in [-0.15, -0.1) is 0 Å². The van der Waals surface area contributed by atoms with Crippen molar-refractivity contribution in [2.75, 3.05) is 13.2 Å². The van der Waals surface area contributed by atoms with Crippen molar-refractivity contribution in [3.8, 4) is 0 Å². The maximum Gasteiger partial charge on any atom is 0.323 e. The van der Waals surface area contributed by atoms with Crippen LogP contribution in [0.15, 0.2) is 0 Å². The van der Waals surface area contributed by atoms with Gasteiger partial charge in [0.2, 0.25) is 0 Å². The minimum Gasteiger partial charge on any atom is -0.480 e. The van der Waals surface area contributed by atoms with Crippen molar-refractivity contribution in [3.63, 3.8) is 0 Å². The fourth-order valence-electron chi connectivity index (χ4n) is 1.50. The van der Waals surface area contributed by atoms with E-state index in [-0.39, 0.29) is 19.6 Å². The molecule has 0 radical (unpaired) electrons. The Morgan fingerprint density at radius 3 is 2.20 bits per heavy atom. The molecule has 88 valence electrons. The first-order valence-electron chi connectivity index (χ1n) is 4.94.